The molecule has 14 heavy (non-hydrogen) atoms. The van der Waals surface area contributed by atoms with Crippen molar-refractivity contribution >= 4 is 0 Å². The van der Waals surface area contributed by atoms with Crippen molar-refractivity contribution in [2.24, 2.45) is 0 Å². The molecule has 1 aromatic rings. The van der Waals surface area contributed by atoms with Crippen molar-refractivity contribution in [2.45, 2.75) is 46.0 Å². The van der Waals surface area contributed by atoms with Gasteiger partial charge in [-0.15, -0.1) is 0 Å². The zero-order chi connectivity index (χ0) is 10.8. The molecular formula is C13H19F. The van der Waals surface area contributed by atoms with Gasteiger partial charge in [-0.3, -0.25) is 0 Å². The lowest BCUT2D eigenvalue weighted by atomic mass is 9.86. The Labute approximate surface area is 86.2 Å². The summed E-state index contributed by atoms with van der Waals surface area (Å²) in [5.41, 5.74) is 1.93. The van der Waals surface area contributed by atoms with E-state index in [0.29, 0.717) is 0 Å². The molecule has 0 saturated carbocycles. The van der Waals surface area contributed by atoms with Gasteiger partial charge in [-0.25, -0.2) is 4.39 Å². The molecule has 0 radical (unpaired) electrons. The molecule has 0 unspecified atom stereocenters. The van der Waals surface area contributed by atoms with Gasteiger partial charge in [0.1, 0.15) is 5.82 Å². The van der Waals surface area contributed by atoms with Crippen LogP contribution in [0.4, 0.5) is 4.39 Å². The first-order chi connectivity index (χ1) is 6.45. The van der Waals surface area contributed by atoms with E-state index < -0.39 is 0 Å². The van der Waals surface area contributed by atoms with Crippen LogP contribution < -0.4 is 0 Å². The molecule has 1 heteroatoms. The Morgan fingerprint density at radius 1 is 1.21 bits per heavy atom. The summed E-state index contributed by atoms with van der Waals surface area (Å²) in [6, 6.07) is 5.62. The maximum absolute atomic E-state index is 13.6. The lowest BCUT2D eigenvalue weighted by Crippen LogP contribution is -2.11. The van der Waals surface area contributed by atoms with Crippen LogP contribution in [0.2, 0.25) is 0 Å². The van der Waals surface area contributed by atoms with E-state index >= 15 is 0 Å². The molecule has 0 fully saturated rings. The zero-order valence-electron chi connectivity index (χ0n) is 9.52. The van der Waals surface area contributed by atoms with E-state index in [0.717, 1.165) is 24.0 Å². The highest BCUT2D eigenvalue weighted by atomic mass is 19.1. The predicted molar refractivity (Wildman–Crippen MR) is 59.1 cm³/mol. The van der Waals surface area contributed by atoms with Crippen LogP contribution in [0.25, 0.3) is 0 Å². The first kappa shape index (κ1) is 11.2. The normalized spacial score (nSPS) is 11.8. The Morgan fingerprint density at radius 3 is 2.29 bits per heavy atom. The summed E-state index contributed by atoms with van der Waals surface area (Å²) in [6.07, 6.45) is 1.82. The maximum Gasteiger partial charge on any atom is 0.126 e. The fraction of sp³-hybridized carbons (Fsp3) is 0.538. The van der Waals surface area contributed by atoms with E-state index in [9.17, 15) is 4.39 Å². The topological polar surface area (TPSA) is 0 Å². The Bertz CT molecular complexity index is 308. The van der Waals surface area contributed by atoms with Gasteiger partial charge in [-0.05, 0) is 29.0 Å². The van der Waals surface area contributed by atoms with Gasteiger partial charge in [0.25, 0.3) is 0 Å². The van der Waals surface area contributed by atoms with Gasteiger partial charge in [0, 0.05) is 0 Å². The molecule has 0 aliphatic rings. The van der Waals surface area contributed by atoms with Gasteiger partial charge >= 0.3 is 0 Å². The highest BCUT2D eigenvalue weighted by molar-refractivity contribution is 5.29. The second kappa shape index (κ2) is 4.12. The molecule has 0 nitrogen and oxygen atoms in total. The molecule has 0 heterocycles. The van der Waals surface area contributed by atoms with Crippen molar-refractivity contribution in [1.29, 1.82) is 0 Å². The third-order valence-corrected chi connectivity index (χ3v) is 2.44. The summed E-state index contributed by atoms with van der Waals surface area (Å²) in [6.45, 7) is 8.36. The Kier molecular flexibility index (Phi) is 3.30. The molecule has 0 amide bonds. The van der Waals surface area contributed by atoms with Crippen molar-refractivity contribution in [3.63, 3.8) is 0 Å². The number of benzene rings is 1. The van der Waals surface area contributed by atoms with Crippen LogP contribution in [-0.2, 0) is 11.8 Å². The summed E-state index contributed by atoms with van der Waals surface area (Å²) < 4.78 is 13.6. The van der Waals surface area contributed by atoms with Gasteiger partial charge in [-0.1, -0.05) is 46.2 Å². The first-order valence-electron chi connectivity index (χ1n) is 5.24. The minimum atomic E-state index is -0.0562. The third kappa shape index (κ3) is 2.57. The molecular weight excluding hydrogens is 175 g/mol. The maximum atomic E-state index is 13.6. The molecule has 1 rings (SSSR count). The molecule has 78 valence electrons. The van der Waals surface area contributed by atoms with Gasteiger partial charge in [0.15, 0.2) is 0 Å². The van der Waals surface area contributed by atoms with E-state index in [-0.39, 0.29) is 11.2 Å². The fourth-order valence-corrected chi connectivity index (χ4v) is 1.49. The van der Waals surface area contributed by atoms with Crippen LogP contribution in [0, 0.1) is 5.82 Å². The Morgan fingerprint density at radius 2 is 1.86 bits per heavy atom. The highest BCUT2D eigenvalue weighted by Gasteiger charge is 2.15. The van der Waals surface area contributed by atoms with Crippen LogP contribution in [0.5, 0.6) is 0 Å². The van der Waals surface area contributed by atoms with Gasteiger partial charge < -0.3 is 0 Å². The quantitative estimate of drug-likeness (QED) is 0.665. The molecule has 1 aromatic carbocycles. The van der Waals surface area contributed by atoms with Crippen LogP contribution in [0.3, 0.4) is 0 Å². The zero-order valence-corrected chi connectivity index (χ0v) is 9.52. The van der Waals surface area contributed by atoms with Crippen LogP contribution >= 0.6 is 0 Å². The van der Waals surface area contributed by atoms with Crippen molar-refractivity contribution in [2.75, 3.05) is 0 Å². The van der Waals surface area contributed by atoms with Crippen molar-refractivity contribution in [1.82, 2.24) is 0 Å². The lowest BCUT2D eigenvalue weighted by molar-refractivity contribution is 0.565. The number of aryl methyl sites for hydroxylation is 1. The van der Waals surface area contributed by atoms with E-state index in [4.69, 9.17) is 0 Å². The van der Waals surface area contributed by atoms with E-state index in [1.54, 1.807) is 6.07 Å². The average molecular weight is 194 g/mol. The second-order valence-electron chi connectivity index (χ2n) is 4.81. The summed E-state index contributed by atoms with van der Waals surface area (Å²) in [5.74, 6) is -0.0562. The van der Waals surface area contributed by atoms with E-state index in [1.807, 2.05) is 12.1 Å². The summed E-state index contributed by atoms with van der Waals surface area (Å²) in [7, 11) is 0. The molecule has 0 N–H and O–H groups in total. The number of rotatable bonds is 2. The highest BCUT2D eigenvalue weighted by Crippen LogP contribution is 2.24. The largest absolute Gasteiger partial charge is 0.207 e. The van der Waals surface area contributed by atoms with Crippen molar-refractivity contribution in [3.8, 4) is 0 Å². The monoisotopic (exact) mass is 194 g/mol. The number of hydrogen-bond donors (Lipinski definition) is 0. The van der Waals surface area contributed by atoms with Gasteiger partial charge in [0.2, 0.25) is 0 Å². The number of halogens is 1. The summed E-state index contributed by atoms with van der Waals surface area (Å²) in [4.78, 5) is 0. The lowest BCUT2D eigenvalue weighted by Gasteiger charge is -2.19. The van der Waals surface area contributed by atoms with Crippen LogP contribution in [0.1, 0.15) is 45.2 Å². The molecule has 0 aromatic heterocycles. The Hall–Kier alpha value is -0.850. The van der Waals surface area contributed by atoms with E-state index in [2.05, 4.69) is 27.7 Å². The fourth-order valence-electron chi connectivity index (χ4n) is 1.49. The molecule has 0 aliphatic carbocycles. The second-order valence-corrected chi connectivity index (χ2v) is 4.81. The smallest absolute Gasteiger partial charge is 0.126 e. The van der Waals surface area contributed by atoms with Gasteiger partial charge in [0.05, 0.1) is 0 Å². The molecule has 0 saturated heterocycles. The van der Waals surface area contributed by atoms with E-state index in [1.165, 1.54) is 0 Å². The standard InChI is InChI=1S/C13H19F/c1-5-6-10-7-8-11(9-12(10)14)13(2,3)4/h7-9H,5-6H2,1-4H3. The predicted octanol–water partition coefficient (Wildman–Crippen LogP) is 4.08. The van der Waals surface area contributed by atoms with Crippen molar-refractivity contribution in [3.05, 3.63) is 35.1 Å². The van der Waals surface area contributed by atoms with Crippen LogP contribution in [-0.4, -0.2) is 0 Å². The third-order valence-electron chi connectivity index (χ3n) is 2.44. The molecule has 0 aliphatic heterocycles. The SMILES string of the molecule is CCCc1ccc(C(C)(C)C)cc1F. The average Bonchev–Trinajstić information content (AvgIpc) is 2.07. The Balaban J connectivity index is 3.01. The first-order valence-corrected chi connectivity index (χ1v) is 5.24. The summed E-state index contributed by atoms with van der Waals surface area (Å²) in [5, 5.41) is 0. The molecule has 0 spiro atoms. The number of hydrogen-bond acceptors (Lipinski definition) is 0. The van der Waals surface area contributed by atoms with Crippen LogP contribution in [0.15, 0.2) is 18.2 Å². The minimum Gasteiger partial charge on any atom is -0.207 e. The molecule has 0 bridgehead atoms. The summed E-state index contributed by atoms with van der Waals surface area (Å²) >= 11 is 0. The van der Waals surface area contributed by atoms with Gasteiger partial charge in [-0.2, -0.15) is 0 Å². The minimum absolute atomic E-state index is 0.0333. The van der Waals surface area contributed by atoms with Crippen molar-refractivity contribution < 1.29 is 4.39 Å². The molecule has 0 atom stereocenters.